The van der Waals surface area contributed by atoms with Crippen molar-refractivity contribution in [2.45, 2.75) is 25.9 Å². The second kappa shape index (κ2) is 8.72. The van der Waals surface area contributed by atoms with Gasteiger partial charge in [-0.15, -0.1) is 0 Å². The summed E-state index contributed by atoms with van der Waals surface area (Å²) >= 11 is 0. The number of ether oxygens (including phenoxy) is 2. The zero-order chi connectivity index (χ0) is 20.1. The first-order valence-corrected chi connectivity index (χ1v) is 9.77. The standard InChI is InChI=1S/C21H24N6O2/c1-2-28-18-7-3-4-8-19(18)29-15-6-5-11-27(14-15)20-13-23-12-17(25-20)16-9-10-24-21(22)26-16/h3-4,7-10,12-13,15H,2,5-6,11,14H2,1H3,(H2,22,24,26). The van der Waals surface area contributed by atoms with Crippen LogP contribution in [-0.4, -0.2) is 45.7 Å². The Bertz CT molecular complexity index is 967. The Morgan fingerprint density at radius 1 is 1.10 bits per heavy atom. The van der Waals surface area contributed by atoms with Crippen LogP contribution in [0, 0.1) is 0 Å². The first kappa shape index (κ1) is 18.9. The molecule has 150 valence electrons. The molecule has 2 N–H and O–H groups in total. The molecule has 8 heteroatoms. The van der Waals surface area contributed by atoms with Crippen molar-refractivity contribution in [1.82, 2.24) is 19.9 Å². The molecule has 0 radical (unpaired) electrons. The number of piperidine rings is 1. The van der Waals surface area contributed by atoms with Crippen LogP contribution in [0.3, 0.4) is 0 Å². The van der Waals surface area contributed by atoms with E-state index < -0.39 is 0 Å². The summed E-state index contributed by atoms with van der Waals surface area (Å²) in [6, 6.07) is 9.56. The minimum Gasteiger partial charge on any atom is -0.490 e. The van der Waals surface area contributed by atoms with Gasteiger partial charge < -0.3 is 20.1 Å². The Balaban J connectivity index is 1.50. The van der Waals surface area contributed by atoms with Crippen molar-refractivity contribution in [1.29, 1.82) is 0 Å². The number of nitrogens with zero attached hydrogens (tertiary/aromatic N) is 5. The van der Waals surface area contributed by atoms with E-state index in [0.29, 0.717) is 18.0 Å². The maximum absolute atomic E-state index is 6.27. The van der Waals surface area contributed by atoms with E-state index in [1.54, 1.807) is 24.7 Å². The SMILES string of the molecule is CCOc1ccccc1OC1CCCN(c2cncc(-c3ccnc(N)n3)n2)C1. The van der Waals surface area contributed by atoms with Gasteiger partial charge in [0.25, 0.3) is 0 Å². The van der Waals surface area contributed by atoms with E-state index in [-0.39, 0.29) is 12.1 Å². The third-order valence-corrected chi connectivity index (χ3v) is 4.70. The lowest BCUT2D eigenvalue weighted by Gasteiger charge is -2.33. The van der Waals surface area contributed by atoms with E-state index in [2.05, 4.69) is 19.9 Å². The highest BCUT2D eigenvalue weighted by Crippen LogP contribution is 2.30. The van der Waals surface area contributed by atoms with Crippen LogP contribution in [0.1, 0.15) is 19.8 Å². The summed E-state index contributed by atoms with van der Waals surface area (Å²) < 4.78 is 12.0. The number of nitrogen functional groups attached to an aromatic ring is 1. The van der Waals surface area contributed by atoms with Crippen molar-refractivity contribution in [2.75, 3.05) is 30.3 Å². The van der Waals surface area contributed by atoms with Crippen molar-refractivity contribution in [3.63, 3.8) is 0 Å². The molecule has 3 aromatic rings. The molecule has 0 spiro atoms. The average Bonchev–Trinajstić information content (AvgIpc) is 2.76. The van der Waals surface area contributed by atoms with Gasteiger partial charge in [-0.05, 0) is 38.0 Å². The molecule has 1 fully saturated rings. The topological polar surface area (TPSA) is 99.3 Å². The lowest BCUT2D eigenvalue weighted by Crippen LogP contribution is -2.41. The fraction of sp³-hybridized carbons (Fsp3) is 0.333. The largest absolute Gasteiger partial charge is 0.490 e. The van der Waals surface area contributed by atoms with E-state index in [9.17, 15) is 0 Å². The van der Waals surface area contributed by atoms with E-state index >= 15 is 0 Å². The molecular formula is C21H24N6O2. The van der Waals surface area contributed by atoms with E-state index in [0.717, 1.165) is 43.2 Å². The molecule has 1 atom stereocenters. The smallest absolute Gasteiger partial charge is 0.220 e. The summed E-state index contributed by atoms with van der Waals surface area (Å²) in [5.41, 5.74) is 7.02. The zero-order valence-corrected chi connectivity index (χ0v) is 16.4. The number of aromatic nitrogens is 4. The molecule has 1 aliphatic rings. The molecule has 2 aromatic heterocycles. The molecule has 0 saturated carbocycles. The summed E-state index contributed by atoms with van der Waals surface area (Å²) in [4.78, 5) is 19.4. The van der Waals surface area contributed by atoms with Gasteiger partial charge in [0.05, 0.1) is 31.2 Å². The summed E-state index contributed by atoms with van der Waals surface area (Å²) in [6.45, 7) is 4.20. The number of anilines is 2. The number of benzene rings is 1. The maximum Gasteiger partial charge on any atom is 0.220 e. The summed E-state index contributed by atoms with van der Waals surface area (Å²) in [5, 5.41) is 0. The van der Waals surface area contributed by atoms with Gasteiger partial charge in [-0.25, -0.2) is 15.0 Å². The van der Waals surface area contributed by atoms with Gasteiger partial charge >= 0.3 is 0 Å². The number of nitrogens with two attached hydrogens (primary N) is 1. The van der Waals surface area contributed by atoms with Crippen molar-refractivity contribution in [2.24, 2.45) is 0 Å². The molecule has 0 amide bonds. The Kier molecular flexibility index (Phi) is 5.69. The minimum absolute atomic E-state index is 0.0468. The normalized spacial score (nSPS) is 16.4. The lowest BCUT2D eigenvalue weighted by molar-refractivity contribution is 0.170. The van der Waals surface area contributed by atoms with Crippen molar-refractivity contribution < 1.29 is 9.47 Å². The van der Waals surface area contributed by atoms with Crippen LogP contribution in [0.25, 0.3) is 11.4 Å². The fourth-order valence-electron chi connectivity index (χ4n) is 3.39. The van der Waals surface area contributed by atoms with Crippen molar-refractivity contribution in [3.8, 4) is 22.9 Å². The van der Waals surface area contributed by atoms with Crippen LogP contribution in [0.15, 0.2) is 48.9 Å². The molecule has 4 rings (SSSR count). The third-order valence-electron chi connectivity index (χ3n) is 4.70. The summed E-state index contributed by atoms with van der Waals surface area (Å²) in [6.07, 6.45) is 7.10. The molecule has 0 bridgehead atoms. The first-order valence-electron chi connectivity index (χ1n) is 9.77. The lowest BCUT2D eigenvalue weighted by atomic mass is 10.1. The summed E-state index contributed by atoms with van der Waals surface area (Å²) in [5.74, 6) is 2.56. The van der Waals surface area contributed by atoms with Crippen molar-refractivity contribution in [3.05, 3.63) is 48.9 Å². The van der Waals surface area contributed by atoms with Crippen LogP contribution >= 0.6 is 0 Å². The van der Waals surface area contributed by atoms with E-state index in [1.807, 2.05) is 31.2 Å². The van der Waals surface area contributed by atoms with Gasteiger partial charge in [-0.2, -0.15) is 0 Å². The number of hydrogen-bond donors (Lipinski definition) is 1. The predicted octanol–water partition coefficient (Wildman–Crippen LogP) is 2.96. The molecule has 8 nitrogen and oxygen atoms in total. The Morgan fingerprint density at radius 3 is 2.79 bits per heavy atom. The Hall–Kier alpha value is -3.42. The highest BCUT2D eigenvalue weighted by atomic mass is 16.5. The van der Waals surface area contributed by atoms with Crippen LogP contribution in [0.4, 0.5) is 11.8 Å². The third kappa shape index (κ3) is 4.53. The molecule has 0 aliphatic carbocycles. The monoisotopic (exact) mass is 392 g/mol. The molecule has 1 unspecified atom stereocenters. The second-order valence-electron chi connectivity index (χ2n) is 6.77. The molecule has 29 heavy (non-hydrogen) atoms. The molecule has 1 saturated heterocycles. The quantitative estimate of drug-likeness (QED) is 0.683. The second-order valence-corrected chi connectivity index (χ2v) is 6.77. The fourth-order valence-corrected chi connectivity index (χ4v) is 3.39. The zero-order valence-electron chi connectivity index (χ0n) is 16.4. The summed E-state index contributed by atoms with van der Waals surface area (Å²) in [7, 11) is 0. The van der Waals surface area contributed by atoms with Crippen LogP contribution < -0.4 is 20.1 Å². The van der Waals surface area contributed by atoms with E-state index in [4.69, 9.17) is 20.2 Å². The van der Waals surface area contributed by atoms with Gasteiger partial charge in [0, 0.05) is 12.7 Å². The average molecular weight is 392 g/mol. The highest BCUT2D eigenvalue weighted by molar-refractivity contribution is 5.56. The van der Waals surface area contributed by atoms with Crippen molar-refractivity contribution >= 4 is 11.8 Å². The number of para-hydroxylation sites is 2. The van der Waals surface area contributed by atoms with Crippen LogP contribution in [-0.2, 0) is 0 Å². The maximum atomic E-state index is 6.27. The Labute approximate surface area is 169 Å². The molecular weight excluding hydrogens is 368 g/mol. The molecule has 3 heterocycles. The van der Waals surface area contributed by atoms with Gasteiger partial charge in [0.2, 0.25) is 5.95 Å². The Morgan fingerprint density at radius 2 is 1.97 bits per heavy atom. The predicted molar refractivity (Wildman–Crippen MR) is 111 cm³/mol. The van der Waals surface area contributed by atoms with Crippen LogP contribution in [0.5, 0.6) is 11.5 Å². The molecule has 1 aromatic carbocycles. The first-order chi connectivity index (χ1) is 14.2. The van der Waals surface area contributed by atoms with Gasteiger partial charge in [0.15, 0.2) is 11.5 Å². The van der Waals surface area contributed by atoms with Gasteiger partial charge in [0.1, 0.15) is 17.6 Å². The minimum atomic E-state index is 0.0468. The van der Waals surface area contributed by atoms with Gasteiger partial charge in [-0.1, -0.05) is 12.1 Å². The highest BCUT2D eigenvalue weighted by Gasteiger charge is 2.24. The molecule has 1 aliphatic heterocycles. The number of rotatable bonds is 6. The number of hydrogen-bond acceptors (Lipinski definition) is 8. The van der Waals surface area contributed by atoms with E-state index in [1.165, 1.54) is 0 Å². The van der Waals surface area contributed by atoms with Gasteiger partial charge in [-0.3, -0.25) is 4.98 Å². The van der Waals surface area contributed by atoms with Crippen LogP contribution in [0.2, 0.25) is 0 Å².